The summed E-state index contributed by atoms with van der Waals surface area (Å²) in [6.45, 7) is 3.91. The van der Waals surface area contributed by atoms with Gasteiger partial charge in [0.15, 0.2) is 0 Å². The number of hydrogen-bond acceptors (Lipinski definition) is 5. The Morgan fingerprint density at radius 2 is 1.77 bits per heavy atom. The lowest BCUT2D eigenvalue weighted by atomic mass is 10.1. The second-order valence-electron chi connectivity index (χ2n) is 6.83. The standard InChI is InChI=1S/C22H20N2O5S/c1-13-3-6-16(11-14(13)2)24-20(26)12-18(22(24)29)30-17-7-4-15(5-8-17)23-19(25)9-10-21(27)28/h3-11,18H,12H2,1-2H3,(H,23,25)(H,27,28)/b10-9+/t18-/m1/s1. The summed E-state index contributed by atoms with van der Waals surface area (Å²) in [6, 6.07) is 12.3. The fourth-order valence-electron chi connectivity index (χ4n) is 2.94. The zero-order chi connectivity index (χ0) is 21.8. The lowest BCUT2D eigenvalue weighted by Crippen LogP contribution is -2.31. The van der Waals surface area contributed by atoms with Crippen LogP contribution in [-0.2, 0) is 19.2 Å². The summed E-state index contributed by atoms with van der Waals surface area (Å²) in [6.07, 6.45) is 1.80. The quantitative estimate of drug-likeness (QED) is 0.545. The molecule has 0 radical (unpaired) electrons. The minimum atomic E-state index is -1.21. The number of anilines is 2. The van der Waals surface area contributed by atoms with E-state index in [0.29, 0.717) is 11.4 Å². The molecule has 3 rings (SSSR count). The van der Waals surface area contributed by atoms with Crippen molar-refractivity contribution in [1.82, 2.24) is 0 Å². The summed E-state index contributed by atoms with van der Waals surface area (Å²) in [4.78, 5) is 49.4. The summed E-state index contributed by atoms with van der Waals surface area (Å²) < 4.78 is 0. The fraction of sp³-hybridized carbons (Fsp3) is 0.182. The molecule has 30 heavy (non-hydrogen) atoms. The number of benzene rings is 2. The van der Waals surface area contributed by atoms with Crippen LogP contribution >= 0.6 is 11.8 Å². The normalized spacial score (nSPS) is 16.3. The van der Waals surface area contributed by atoms with Crippen molar-refractivity contribution >= 4 is 46.8 Å². The smallest absolute Gasteiger partial charge is 0.328 e. The molecule has 2 N–H and O–H groups in total. The van der Waals surface area contributed by atoms with Crippen LogP contribution in [0.25, 0.3) is 0 Å². The number of nitrogens with one attached hydrogen (secondary N) is 1. The van der Waals surface area contributed by atoms with Crippen LogP contribution < -0.4 is 10.2 Å². The number of aliphatic carboxylic acids is 1. The number of carbonyl (C=O) groups excluding carboxylic acids is 3. The van der Waals surface area contributed by atoms with E-state index < -0.39 is 17.1 Å². The molecule has 8 heteroatoms. The maximum atomic E-state index is 12.8. The molecule has 1 heterocycles. The van der Waals surface area contributed by atoms with Crippen LogP contribution in [0.2, 0.25) is 0 Å². The Morgan fingerprint density at radius 3 is 2.40 bits per heavy atom. The van der Waals surface area contributed by atoms with Crippen LogP contribution in [0, 0.1) is 13.8 Å². The third-order valence-electron chi connectivity index (χ3n) is 4.63. The Morgan fingerprint density at radius 1 is 1.07 bits per heavy atom. The van der Waals surface area contributed by atoms with Gasteiger partial charge in [-0.2, -0.15) is 0 Å². The summed E-state index contributed by atoms with van der Waals surface area (Å²) in [7, 11) is 0. The molecule has 2 aromatic carbocycles. The van der Waals surface area contributed by atoms with Gasteiger partial charge >= 0.3 is 5.97 Å². The van der Waals surface area contributed by atoms with Gasteiger partial charge in [-0.05, 0) is 61.4 Å². The number of carbonyl (C=O) groups is 4. The van der Waals surface area contributed by atoms with Gasteiger partial charge in [0.05, 0.1) is 10.9 Å². The Labute approximate surface area is 177 Å². The van der Waals surface area contributed by atoms with E-state index in [0.717, 1.165) is 28.2 Å². The Balaban J connectivity index is 1.66. The number of amides is 3. The number of thioether (sulfide) groups is 1. The molecule has 1 saturated heterocycles. The van der Waals surface area contributed by atoms with Crippen LogP contribution in [0.4, 0.5) is 11.4 Å². The average Bonchev–Trinajstić information content (AvgIpc) is 2.97. The second kappa shape index (κ2) is 8.96. The molecule has 7 nitrogen and oxygen atoms in total. The molecule has 2 aromatic rings. The van der Waals surface area contributed by atoms with Gasteiger partial charge in [-0.1, -0.05) is 6.07 Å². The van der Waals surface area contributed by atoms with E-state index >= 15 is 0 Å². The first kappa shape index (κ1) is 21.3. The minimum absolute atomic E-state index is 0.120. The van der Waals surface area contributed by atoms with Crippen LogP contribution in [-0.4, -0.2) is 34.0 Å². The van der Waals surface area contributed by atoms with E-state index in [-0.39, 0.29) is 18.2 Å². The van der Waals surface area contributed by atoms with E-state index in [1.165, 1.54) is 16.7 Å². The Bertz CT molecular complexity index is 1050. The van der Waals surface area contributed by atoms with Crippen molar-refractivity contribution in [3.8, 4) is 0 Å². The molecule has 1 aliphatic heterocycles. The van der Waals surface area contributed by atoms with Crippen LogP contribution in [0.15, 0.2) is 59.5 Å². The third kappa shape index (κ3) is 4.96. The number of hydrogen-bond donors (Lipinski definition) is 2. The predicted octanol–water partition coefficient (Wildman–Crippen LogP) is 3.31. The maximum absolute atomic E-state index is 12.8. The van der Waals surface area contributed by atoms with E-state index in [1.807, 2.05) is 26.0 Å². The highest BCUT2D eigenvalue weighted by molar-refractivity contribution is 8.00. The second-order valence-corrected chi connectivity index (χ2v) is 8.11. The zero-order valence-corrected chi connectivity index (χ0v) is 17.2. The molecule has 0 spiro atoms. The number of carboxylic acid groups (broad SMARTS) is 1. The summed E-state index contributed by atoms with van der Waals surface area (Å²) in [5, 5.41) is 10.6. The predicted molar refractivity (Wildman–Crippen MR) is 115 cm³/mol. The van der Waals surface area contributed by atoms with Gasteiger partial charge in [0, 0.05) is 29.2 Å². The van der Waals surface area contributed by atoms with Crippen LogP contribution in [0.1, 0.15) is 17.5 Å². The molecular weight excluding hydrogens is 404 g/mol. The first-order chi connectivity index (χ1) is 14.2. The average molecular weight is 424 g/mol. The van der Waals surface area contributed by atoms with Gasteiger partial charge in [0.1, 0.15) is 0 Å². The van der Waals surface area contributed by atoms with Gasteiger partial charge in [-0.25, -0.2) is 9.69 Å². The molecule has 0 bridgehead atoms. The number of aryl methyl sites for hydroxylation is 2. The van der Waals surface area contributed by atoms with Gasteiger partial charge in [0.2, 0.25) is 17.7 Å². The number of rotatable bonds is 6. The molecule has 1 atom stereocenters. The van der Waals surface area contributed by atoms with Gasteiger partial charge in [-0.3, -0.25) is 14.4 Å². The summed E-state index contributed by atoms with van der Waals surface area (Å²) in [5.74, 6) is -2.24. The van der Waals surface area contributed by atoms with Gasteiger partial charge in [0.25, 0.3) is 0 Å². The first-order valence-electron chi connectivity index (χ1n) is 9.17. The molecule has 0 saturated carbocycles. The lowest BCUT2D eigenvalue weighted by Gasteiger charge is -2.16. The molecule has 1 fully saturated rings. The first-order valence-corrected chi connectivity index (χ1v) is 10.1. The highest BCUT2D eigenvalue weighted by atomic mass is 32.2. The van der Waals surface area contributed by atoms with Crippen LogP contribution in [0.5, 0.6) is 0 Å². The van der Waals surface area contributed by atoms with Gasteiger partial charge in [-0.15, -0.1) is 11.8 Å². The Hall–Kier alpha value is -3.39. The van der Waals surface area contributed by atoms with E-state index in [4.69, 9.17) is 5.11 Å². The van der Waals surface area contributed by atoms with Crippen molar-refractivity contribution < 1.29 is 24.3 Å². The summed E-state index contributed by atoms with van der Waals surface area (Å²) in [5.41, 5.74) is 3.18. The number of nitrogens with zero attached hydrogens (tertiary/aromatic N) is 1. The molecule has 154 valence electrons. The largest absolute Gasteiger partial charge is 0.478 e. The highest BCUT2D eigenvalue weighted by Gasteiger charge is 2.40. The fourth-order valence-corrected chi connectivity index (χ4v) is 4.00. The molecule has 0 aliphatic carbocycles. The van der Waals surface area contributed by atoms with Crippen molar-refractivity contribution in [2.24, 2.45) is 0 Å². The minimum Gasteiger partial charge on any atom is -0.478 e. The highest BCUT2D eigenvalue weighted by Crippen LogP contribution is 2.34. The van der Waals surface area contributed by atoms with Crippen LogP contribution in [0.3, 0.4) is 0 Å². The SMILES string of the molecule is Cc1ccc(N2C(=O)C[C@@H](Sc3ccc(NC(=O)/C=C/C(=O)O)cc3)C2=O)cc1C. The lowest BCUT2D eigenvalue weighted by molar-refractivity contribution is -0.131. The molecular formula is C22H20N2O5S. The topological polar surface area (TPSA) is 104 Å². The van der Waals surface area contributed by atoms with Crippen molar-refractivity contribution in [3.05, 3.63) is 65.7 Å². The van der Waals surface area contributed by atoms with Crippen molar-refractivity contribution in [3.63, 3.8) is 0 Å². The Kier molecular flexibility index (Phi) is 6.37. The molecule has 1 aliphatic rings. The monoisotopic (exact) mass is 424 g/mol. The van der Waals surface area contributed by atoms with E-state index in [2.05, 4.69) is 5.32 Å². The molecule has 3 amide bonds. The third-order valence-corrected chi connectivity index (χ3v) is 5.83. The van der Waals surface area contributed by atoms with Crippen molar-refractivity contribution in [1.29, 1.82) is 0 Å². The number of carboxylic acids is 1. The van der Waals surface area contributed by atoms with E-state index in [1.54, 1.807) is 30.3 Å². The number of imide groups is 1. The van der Waals surface area contributed by atoms with Crippen molar-refractivity contribution in [2.45, 2.75) is 30.4 Å². The summed E-state index contributed by atoms with van der Waals surface area (Å²) >= 11 is 1.29. The van der Waals surface area contributed by atoms with Gasteiger partial charge < -0.3 is 10.4 Å². The molecule has 0 unspecified atom stereocenters. The molecule has 0 aromatic heterocycles. The maximum Gasteiger partial charge on any atom is 0.328 e. The zero-order valence-electron chi connectivity index (χ0n) is 16.4. The van der Waals surface area contributed by atoms with E-state index in [9.17, 15) is 19.2 Å². The van der Waals surface area contributed by atoms with Crippen molar-refractivity contribution in [2.75, 3.05) is 10.2 Å².